The van der Waals surface area contributed by atoms with Crippen LogP contribution in [0.15, 0.2) is 0 Å². The Labute approximate surface area is 85.4 Å². The Bertz CT molecular complexity index is 211. The Morgan fingerprint density at radius 3 is 2.57 bits per heavy atom. The normalized spacial score (nSPS) is 21.7. The summed E-state index contributed by atoms with van der Waals surface area (Å²) in [4.78, 5) is 13.4. The second kappa shape index (κ2) is 4.17. The minimum atomic E-state index is -0.403. The van der Waals surface area contributed by atoms with Crippen molar-refractivity contribution in [2.75, 3.05) is 13.1 Å². The van der Waals surface area contributed by atoms with Gasteiger partial charge in [0.2, 0.25) is 0 Å². The molecule has 1 saturated heterocycles. The third-order valence-corrected chi connectivity index (χ3v) is 2.27. The maximum absolute atomic E-state index is 11.6. The summed E-state index contributed by atoms with van der Waals surface area (Å²) in [6.45, 7) is 7.07. The number of carbonyl (C=O) groups excluding carboxylic acids is 1. The first-order chi connectivity index (χ1) is 6.44. The number of nitrogens with two attached hydrogens (primary N) is 1. The zero-order chi connectivity index (χ0) is 10.8. The predicted octanol–water partition coefficient (Wildman–Crippen LogP) is 1.34. The molecule has 0 radical (unpaired) electrons. The molecule has 1 rings (SSSR count). The fourth-order valence-corrected chi connectivity index (χ4v) is 1.49. The highest BCUT2D eigenvalue weighted by atomic mass is 16.6. The van der Waals surface area contributed by atoms with E-state index in [9.17, 15) is 4.79 Å². The fraction of sp³-hybridized carbons (Fsp3) is 0.900. The standard InChI is InChI=1S/C10H20N2O2/c1-10(2,3)14-9(13)12-7-5-8(12)4-6-11/h8H,4-7,11H2,1-3H3/t8-/m1/s1. The molecule has 0 aromatic carbocycles. The molecule has 0 bridgehead atoms. The Balaban J connectivity index is 2.38. The van der Waals surface area contributed by atoms with Crippen LogP contribution in [0.1, 0.15) is 33.6 Å². The SMILES string of the molecule is CC(C)(C)OC(=O)N1CC[C@H]1CCN. The van der Waals surface area contributed by atoms with E-state index in [1.54, 1.807) is 4.90 Å². The Morgan fingerprint density at radius 1 is 1.57 bits per heavy atom. The van der Waals surface area contributed by atoms with E-state index in [4.69, 9.17) is 10.5 Å². The zero-order valence-corrected chi connectivity index (χ0v) is 9.25. The second-order valence-corrected chi connectivity index (χ2v) is 4.69. The summed E-state index contributed by atoms with van der Waals surface area (Å²) < 4.78 is 5.26. The molecule has 1 aliphatic rings. The van der Waals surface area contributed by atoms with E-state index < -0.39 is 5.60 Å². The molecule has 82 valence electrons. The number of ether oxygens (including phenoxy) is 1. The van der Waals surface area contributed by atoms with E-state index >= 15 is 0 Å². The van der Waals surface area contributed by atoms with E-state index in [0.29, 0.717) is 12.6 Å². The number of hydrogen-bond donors (Lipinski definition) is 1. The molecular weight excluding hydrogens is 180 g/mol. The number of likely N-dealkylation sites (tertiary alicyclic amines) is 1. The molecule has 1 fully saturated rings. The number of carbonyl (C=O) groups is 1. The molecule has 0 aromatic rings. The molecule has 4 heteroatoms. The quantitative estimate of drug-likeness (QED) is 0.732. The summed E-state index contributed by atoms with van der Waals surface area (Å²) in [6, 6.07) is 0.301. The van der Waals surface area contributed by atoms with E-state index in [0.717, 1.165) is 19.4 Å². The smallest absolute Gasteiger partial charge is 0.410 e. The topological polar surface area (TPSA) is 55.6 Å². The molecule has 0 aliphatic carbocycles. The van der Waals surface area contributed by atoms with Gasteiger partial charge in [0.1, 0.15) is 5.60 Å². The maximum atomic E-state index is 11.6. The average Bonchev–Trinajstić information content (AvgIpc) is 1.93. The molecular formula is C10H20N2O2. The Kier molecular flexibility index (Phi) is 3.37. The summed E-state index contributed by atoms with van der Waals surface area (Å²) in [5.41, 5.74) is 5.05. The van der Waals surface area contributed by atoms with Gasteiger partial charge in [-0.15, -0.1) is 0 Å². The summed E-state index contributed by atoms with van der Waals surface area (Å²) in [5, 5.41) is 0. The van der Waals surface area contributed by atoms with Crippen molar-refractivity contribution in [1.29, 1.82) is 0 Å². The summed E-state index contributed by atoms with van der Waals surface area (Å²) >= 11 is 0. The second-order valence-electron chi connectivity index (χ2n) is 4.69. The van der Waals surface area contributed by atoms with Crippen molar-refractivity contribution in [2.24, 2.45) is 5.73 Å². The van der Waals surface area contributed by atoms with Gasteiger partial charge in [-0.05, 0) is 40.2 Å². The minimum Gasteiger partial charge on any atom is -0.444 e. The van der Waals surface area contributed by atoms with Crippen molar-refractivity contribution < 1.29 is 9.53 Å². The molecule has 0 spiro atoms. The molecule has 1 amide bonds. The van der Waals surface area contributed by atoms with Gasteiger partial charge in [0, 0.05) is 12.6 Å². The van der Waals surface area contributed by atoms with Gasteiger partial charge in [0.25, 0.3) is 0 Å². The van der Waals surface area contributed by atoms with Crippen LogP contribution in [0.5, 0.6) is 0 Å². The van der Waals surface area contributed by atoms with E-state index in [1.807, 2.05) is 20.8 Å². The Morgan fingerprint density at radius 2 is 2.21 bits per heavy atom. The number of amides is 1. The van der Waals surface area contributed by atoms with Crippen LogP contribution in [0.2, 0.25) is 0 Å². The van der Waals surface area contributed by atoms with Gasteiger partial charge in [-0.1, -0.05) is 0 Å². The van der Waals surface area contributed by atoms with Crippen molar-refractivity contribution >= 4 is 6.09 Å². The van der Waals surface area contributed by atoms with Gasteiger partial charge >= 0.3 is 6.09 Å². The molecule has 1 heterocycles. The highest BCUT2D eigenvalue weighted by Crippen LogP contribution is 2.22. The third kappa shape index (κ3) is 2.87. The minimum absolute atomic E-state index is 0.206. The van der Waals surface area contributed by atoms with Gasteiger partial charge in [-0.3, -0.25) is 0 Å². The molecule has 14 heavy (non-hydrogen) atoms. The van der Waals surface area contributed by atoms with Gasteiger partial charge in [0.05, 0.1) is 0 Å². The van der Waals surface area contributed by atoms with E-state index in [-0.39, 0.29) is 6.09 Å². The first kappa shape index (κ1) is 11.3. The summed E-state index contributed by atoms with van der Waals surface area (Å²) in [7, 11) is 0. The van der Waals surface area contributed by atoms with Crippen LogP contribution < -0.4 is 5.73 Å². The lowest BCUT2D eigenvalue weighted by molar-refractivity contribution is -0.00613. The van der Waals surface area contributed by atoms with Crippen LogP contribution in [0.25, 0.3) is 0 Å². The predicted molar refractivity (Wildman–Crippen MR) is 55.0 cm³/mol. The molecule has 0 saturated carbocycles. The van der Waals surface area contributed by atoms with Crippen LogP contribution in [0, 0.1) is 0 Å². The summed E-state index contributed by atoms with van der Waals surface area (Å²) in [5.74, 6) is 0. The van der Waals surface area contributed by atoms with Crippen molar-refractivity contribution in [3.63, 3.8) is 0 Å². The first-order valence-corrected chi connectivity index (χ1v) is 5.14. The molecule has 0 aromatic heterocycles. The van der Waals surface area contributed by atoms with Gasteiger partial charge in [-0.2, -0.15) is 0 Å². The molecule has 0 unspecified atom stereocenters. The van der Waals surface area contributed by atoms with Crippen molar-refractivity contribution in [3.05, 3.63) is 0 Å². The zero-order valence-electron chi connectivity index (χ0n) is 9.25. The lowest BCUT2D eigenvalue weighted by atomic mass is 10.0. The lowest BCUT2D eigenvalue weighted by Crippen LogP contribution is -2.53. The average molecular weight is 200 g/mol. The largest absolute Gasteiger partial charge is 0.444 e. The van der Waals surface area contributed by atoms with Crippen LogP contribution in [0.4, 0.5) is 4.79 Å². The van der Waals surface area contributed by atoms with E-state index in [2.05, 4.69) is 0 Å². The van der Waals surface area contributed by atoms with Gasteiger partial charge in [-0.25, -0.2) is 4.79 Å². The lowest BCUT2D eigenvalue weighted by Gasteiger charge is -2.41. The highest BCUT2D eigenvalue weighted by molar-refractivity contribution is 5.69. The van der Waals surface area contributed by atoms with Gasteiger partial charge in [0.15, 0.2) is 0 Å². The van der Waals surface area contributed by atoms with Crippen molar-refractivity contribution in [3.8, 4) is 0 Å². The first-order valence-electron chi connectivity index (χ1n) is 5.14. The molecule has 2 N–H and O–H groups in total. The number of nitrogens with zero attached hydrogens (tertiary/aromatic N) is 1. The van der Waals surface area contributed by atoms with Crippen LogP contribution in [0.3, 0.4) is 0 Å². The van der Waals surface area contributed by atoms with E-state index in [1.165, 1.54) is 0 Å². The molecule has 1 atom stereocenters. The van der Waals surface area contributed by atoms with Crippen LogP contribution >= 0.6 is 0 Å². The van der Waals surface area contributed by atoms with Gasteiger partial charge < -0.3 is 15.4 Å². The monoisotopic (exact) mass is 200 g/mol. The third-order valence-electron chi connectivity index (χ3n) is 2.27. The van der Waals surface area contributed by atoms with Crippen molar-refractivity contribution in [1.82, 2.24) is 4.90 Å². The maximum Gasteiger partial charge on any atom is 0.410 e. The summed E-state index contributed by atoms with van der Waals surface area (Å²) in [6.07, 6.45) is 1.72. The number of rotatable bonds is 2. The molecule has 4 nitrogen and oxygen atoms in total. The molecule has 1 aliphatic heterocycles. The Hall–Kier alpha value is -0.770. The fourth-order valence-electron chi connectivity index (χ4n) is 1.49. The van der Waals surface area contributed by atoms with Crippen LogP contribution in [-0.4, -0.2) is 35.7 Å². The number of hydrogen-bond acceptors (Lipinski definition) is 3. The van der Waals surface area contributed by atoms with Crippen molar-refractivity contribution in [2.45, 2.75) is 45.3 Å². The van der Waals surface area contributed by atoms with Crippen LogP contribution in [-0.2, 0) is 4.74 Å². The highest BCUT2D eigenvalue weighted by Gasteiger charge is 2.34.